The van der Waals surface area contributed by atoms with Crippen LogP contribution in [0.1, 0.15) is 39.5 Å². The van der Waals surface area contributed by atoms with Gasteiger partial charge in [0, 0.05) is 13.1 Å². The summed E-state index contributed by atoms with van der Waals surface area (Å²) in [5, 5.41) is 3.34. The topological polar surface area (TPSA) is 32.3 Å². The molecular formula is C14H26N2O. The summed E-state index contributed by atoms with van der Waals surface area (Å²) in [4.78, 5) is 14.7. The number of piperidine rings is 1. The summed E-state index contributed by atoms with van der Waals surface area (Å²) in [5.74, 6) is 0.336. The molecule has 1 aliphatic heterocycles. The lowest BCUT2D eigenvalue weighted by atomic mass is 9.75. The molecule has 1 N–H and O–H groups in total. The third-order valence-electron chi connectivity index (χ3n) is 3.82. The van der Waals surface area contributed by atoms with Crippen LogP contribution in [0.2, 0.25) is 0 Å². The summed E-state index contributed by atoms with van der Waals surface area (Å²) in [6.45, 7) is 11.5. The summed E-state index contributed by atoms with van der Waals surface area (Å²) in [6.07, 6.45) is 5.74. The Hall–Kier alpha value is -0.830. The van der Waals surface area contributed by atoms with Gasteiger partial charge in [0.15, 0.2) is 0 Å². The Morgan fingerprint density at radius 2 is 2.06 bits per heavy atom. The molecule has 0 radical (unpaired) electrons. The smallest absolute Gasteiger partial charge is 0.229 e. The van der Waals surface area contributed by atoms with Crippen LogP contribution in [0.3, 0.4) is 0 Å². The highest BCUT2D eigenvalue weighted by molar-refractivity contribution is 5.83. The van der Waals surface area contributed by atoms with E-state index in [0.717, 1.165) is 45.3 Å². The predicted molar refractivity (Wildman–Crippen MR) is 71.9 cm³/mol. The van der Waals surface area contributed by atoms with E-state index in [2.05, 4.69) is 25.7 Å². The normalized spacial score (nSPS) is 18.7. The van der Waals surface area contributed by atoms with Gasteiger partial charge in [-0.3, -0.25) is 4.79 Å². The maximum Gasteiger partial charge on any atom is 0.229 e. The van der Waals surface area contributed by atoms with E-state index in [1.54, 1.807) is 0 Å². The van der Waals surface area contributed by atoms with E-state index in [0.29, 0.717) is 12.5 Å². The number of carbonyl (C=O) groups is 1. The molecule has 0 unspecified atom stereocenters. The average molecular weight is 238 g/mol. The van der Waals surface area contributed by atoms with Gasteiger partial charge < -0.3 is 10.2 Å². The van der Waals surface area contributed by atoms with Crippen LogP contribution in [0.4, 0.5) is 0 Å². The highest BCUT2D eigenvalue weighted by Gasteiger charge is 2.39. The number of carbonyl (C=O) groups excluding carboxylic acids is 1. The summed E-state index contributed by atoms with van der Waals surface area (Å²) < 4.78 is 0. The van der Waals surface area contributed by atoms with Crippen molar-refractivity contribution in [3.63, 3.8) is 0 Å². The van der Waals surface area contributed by atoms with Crippen molar-refractivity contribution in [3.8, 4) is 0 Å². The first kappa shape index (κ1) is 14.2. The number of amides is 1. The van der Waals surface area contributed by atoms with Gasteiger partial charge in [-0.1, -0.05) is 19.9 Å². The molecule has 98 valence electrons. The van der Waals surface area contributed by atoms with E-state index in [9.17, 15) is 4.79 Å². The summed E-state index contributed by atoms with van der Waals surface area (Å²) >= 11 is 0. The Kier molecular flexibility index (Phi) is 5.69. The van der Waals surface area contributed by atoms with E-state index < -0.39 is 0 Å². The second kappa shape index (κ2) is 6.80. The van der Waals surface area contributed by atoms with Crippen molar-refractivity contribution in [1.82, 2.24) is 10.2 Å². The van der Waals surface area contributed by atoms with Crippen molar-refractivity contribution in [1.29, 1.82) is 0 Å². The Morgan fingerprint density at radius 3 is 2.53 bits per heavy atom. The van der Waals surface area contributed by atoms with Crippen molar-refractivity contribution in [2.24, 2.45) is 5.41 Å². The Balaban J connectivity index is 2.77. The van der Waals surface area contributed by atoms with Crippen LogP contribution < -0.4 is 5.32 Å². The van der Waals surface area contributed by atoms with Crippen molar-refractivity contribution < 1.29 is 4.79 Å². The number of nitrogens with zero attached hydrogens (tertiary/aromatic N) is 1. The molecule has 0 saturated carbocycles. The SMILES string of the molecule is C=CCN(CCC)C(=O)C1(CC)CCNCC1. The maximum atomic E-state index is 12.7. The van der Waals surface area contributed by atoms with Gasteiger partial charge in [-0.05, 0) is 38.8 Å². The van der Waals surface area contributed by atoms with Gasteiger partial charge in [-0.15, -0.1) is 6.58 Å². The molecule has 17 heavy (non-hydrogen) atoms. The molecule has 0 aliphatic carbocycles. The fourth-order valence-corrected chi connectivity index (χ4v) is 2.66. The third-order valence-corrected chi connectivity index (χ3v) is 3.82. The molecule has 3 nitrogen and oxygen atoms in total. The highest BCUT2D eigenvalue weighted by atomic mass is 16.2. The van der Waals surface area contributed by atoms with Gasteiger partial charge in [0.25, 0.3) is 0 Å². The van der Waals surface area contributed by atoms with Crippen molar-refractivity contribution in [3.05, 3.63) is 12.7 Å². The van der Waals surface area contributed by atoms with E-state index in [1.807, 2.05) is 11.0 Å². The number of hydrogen-bond acceptors (Lipinski definition) is 2. The predicted octanol–water partition coefficient (Wildman–Crippen LogP) is 2.19. The molecule has 1 saturated heterocycles. The van der Waals surface area contributed by atoms with Crippen LogP contribution in [0.5, 0.6) is 0 Å². The van der Waals surface area contributed by atoms with Crippen LogP contribution in [0, 0.1) is 5.41 Å². The first-order valence-electron chi connectivity index (χ1n) is 6.81. The lowest BCUT2D eigenvalue weighted by Crippen LogP contribution is -2.49. The van der Waals surface area contributed by atoms with E-state index in [4.69, 9.17) is 0 Å². The van der Waals surface area contributed by atoms with Gasteiger partial charge in [-0.2, -0.15) is 0 Å². The lowest BCUT2D eigenvalue weighted by molar-refractivity contribution is -0.143. The van der Waals surface area contributed by atoms with Crippen LogP contribution in [0.25, 0.3) is 0 Å². The third kappa shape index (κ3) is 3.32. The second-order valence-corrected chi connectivity index (χ2v) is 4.92. The molecule has 0 atom stereocenters. The minimum atomic E-state index is -0.122. The van der Waals surface area contributed by atoms with Gasteiger partial charge in [0.1, 0.15) is 0 Å². The lowest BCUT2D eigenvalue weighted by Gasteiger charge is -2.39. The summed E-state index contributed by atoms with van der Waals surface area (Å²) in [5.41, 5.74) is -0.122. The van der Waals surface area contributed by atoms with Gasteiger partial charge in [0.2, 0.25) is 5.91 Å². The zero-order valence-corrected chi connectivity index (χ0v) is 11.3. The quantitative estimate of drug-likeness (QED) is 0.719. The molecule has 0 spiro atoms. The highest BCUT2D eigenvalue weighted by Crippen LogP contribution is 2.34. The molecule has 1 rings (SSSR count). The van der Waals surface area contributed by atoms with E-state index in [-0.39, 0.29) is 5.41 Å². The van der Waals surface area contributed by atoms with Crippen LogP contribution in [-0.2, 0) is 4.79 Å². The standard InChI is InChI=1S/C14H26N2O/c1-4-11-16(12-5-2)13(17)14(6-3)7-9-15-10-8-14/h4,15H,1,5-12H2,2-3H3. The number of hydrogen-bond donors (Lipinski definition) is 1. The van der Waals surface area contributed by atoms with Gasteiger partial charge >= 0.3 is 0 Å². The van der Waals surface area contributed by atoms with Gasteiger partial charge in [-0.25, -0.2) is 0 Å². The zero-order chi connectivity index (χ0) is 12.7. The van der Waals surface area contributed by atoms with Crippen LogP contribution in [-0.4, -0.2) is 37.0 Å². The molecule has 1 fully saturated rings. The minimum Gasteiger partial charge on any atom is -0.339 e. The molecule has 1 aliphatic rings. The van der Waals surface area contributed by atoms with Crippen molar-refractivity contribution in [2.75, 3.05) is 26.2 Å². The van der Waals surface area contributed by atoms with Crippen molar-refractivity contribution in [2.45, 2.75) is 39.5 Å². The maximum absolute atomic E-state index is 12.7. The summed E-state index contributed by atoms with van der Waals surface area (Å²) in [6, 6.07) is 0. The Bertz CT molecular complexity index is 257. The molecule has 1 heterocycles. The molecule has 0 aromatic carbocycles. The molecule has 1 amide bonds. The van der Waals surface area contributed by atoms with E-state index >= 15 is 0 Å². The average Bonchev–Trinajstić information content (AvgIpc) is 2.38. The molecule has 0 bridgehead atoms. The fourth-order valence-electron chi connectivity index (χ4n) is 2.66. The monoisotopic (exact) mass is 238 g/mol. The zero-order valence-electron chi connectivity index (χ0n) is 11.3. The fraction of sp³-hybridized carbons (Fsp3) is 0.786. The van der Waals surface area contributed by atoms with Crippen LogP contribution in [0.15, 0.2) is 12.7 Å². The van der Waals surface area contributed by atoms with Crippen LogP contribution >= 0.6 is 0 Å². The first-order valence-corrected chi connectivity index (χ1v) is 6.81. The number of rotatable bonds is 6. The van der Waals surface area contributed by atoms with E-state index in [1.165, 1.54) is 0 Å². The molecule has 0 aromatic heterocycles. The number of nitrogens with one attached hydrogen (secondary N) is 1. The molecule has 3 heteroatoms. The first-order chi connectivity index (χ1) is 8.20. The largest absolute Gasteiger partial charge is 0.339 e. The minimum absolute atomic E-state index is 0.122. The molecular weight excluding hydrogens is 212 g/mol. The summed E-state index contributed by atoms with van der Waals surface area (Å²) in [7, 11) is 0. The Morgan fingerprint density at radius 1 is 1.41 bits per heavy atom. The van der Waals surface area contributed by atoms with Gasteiger partial charge in [0.05, 0.1) is 5.41 Å². The van der Waals surface area contributed by atoms with Crippen molar-refractivity contribution >= 4 is 5.91 Å². The second-order valence-electron chi connectivity index (χ2n) is 4.92. The molecule has 0 aromatic rings. The Labute approximate surface area is 105 Å².